The maximum absolute atomic E-state index is 10.1. The second kappa shape index (κ2) is 3.79. The van der Waals surface area contributed by atoms with Crippen molar-refractivity contribution in [3.63, 3.8) is 0 Å². The molecule has 0 aliphatic heterocycles. The fraction of sp³-hybridized carbons (Fsp3) is 0.714. The lowest BCUT2D eigenvalue weighted by atomic mass is 9.87. The lowest BCUT2D eigenvalue weighted by molar-refractivity contribution is 0.0619. The molecule has 1 nitrogen and oxygen atoms in total. The highest BCUT2D eigenvalue weighted by Gasteiger charge is 2.34. The van der Waals surface area contributed by atoms with Gasteiger partial charge in [-0.2, -0.15) is 0 Å². The van der Waals surface area contributed by atoms with Crippen molar-refractivity contribution in [2.45, 2.75) is 39.2 Å². The predicted molar refractivity (Wildman–Crippen MR) is 63.4 cm³/mol. The van der Waals surface area contributed by atoms with E-state index in [2.05, 4.69) is 32.1 Å². The van der Waals surface area contributed by atoms with E-state index in [9.17, 15) is 5.11 Å². The minimum atomic E-state index is -0.647. The van der Waals surface area contributed by atoms with E-state index in [0.29, 0.717) is 5.92 Å². The number of aliphatic hydroxyl groups is 1. The molecule has 0 amide bonds. The Morgan fingerprint density at radius 1 is 1.33 bits per heavy atom. The first-order valence-electron chi connectivity index (χ1n) is 6.09. The molecule has 2 aliphatic carbocycles. The van der Waals surface area contributed by atoms with Gasteiger partial charge in [-0.3, -0.25) is 0 Å². The third-order valence-corrected chi connectivity index (χ3v) is 4.18. The van der Waals surface area contributed by atoms with Gasteiger partial charge >= 0.3 is 0 Å². The summed E-state index contributed by atoms with van der Waals surface area (Å²) < 4.78 is 0. The zero-order valence-electron chi connectivity index (χ0n) is 9.98. The van der Waals surface area contributed by atoms with Crippen molar-refractivity contribution in [1.82, 2.24) is 0 Å². The number of hydrogen-bond acceptors (Lipinski definition) is 1. The monoisotopic (exact) mass is 206 g/mol. The van der Waals surface area contributed by atoms with E-state index < -0.39 is 5.60 Å². The number of fused-ring (bicyclic) bond motifs is 2. The summed E-state index contributed by atoms with van der Waals surface area (Å²) in [5.41, 5.74) is -0.647. The van der Waals surface area contributed by atoms with Crippen molar-refractivity contribution in [2.75, 3.05) is 0 Å². The Morgan fingerprint density at radius 3 is 2.53 bits per heavy atom. The Bertz CT molecular complexity index is 286. The van der Waals surface area contributed by atoms with Gasteiger partial charge in [-0.15, -0.1) is 0 Å². The first kappa shape index (κ1) is 10.9. The predicted octanol–water partition coefficient (Wildman–Crippen LogP) is 3.16. The molecular weight excluding hydrogens is 184 g/mol. The molecule has 84 valence electrons. The van der Waals surface area contributed by atoms with Gasteiger partial charge in [-0.1, -0.05) is 38.2 Å². The van der Waals surface area contributed by atoms with Crippen LogP contribution in [0.25, 0.3) is 0 Å². The van der Waals surface area contributed by atoms with Gasteiger partial charge in [-0.25, -0.2) is 0 Å². The molecule has 4 unspecified atom stereocenters. The van der Waals surface area contributed by atoms with E-state index >= 15 is 0 Å². The van der Waals surface area contributed by atoms with Gasteiger partial charge < -0.3 is 5.11 Å². The Kier molecular flexibility index (Phi) is 2.76. The number of hydrogen-bond donors (Lipinski definition) is 1. The van der Waals surface area contributed by atoms with Gasteiger partial charge in [0, 0.05) is 0 Å². The number of rotatable bonds is 3. The minimum Gasteiger partial charge on any atom is -0.386 e. The van der Waals surface area contributed by atoms with E-state index in [-0.39, 0.29) is 5.92 Å². The maximum atomic E-state index is 10.1. The summed E-state index contributed by atoms with van der Waals surface area (Å²) in [6, 6.07) is 0. The Labute approximate surface area is 92.9 Å². The third kappa shape index (κ3) is 2.17. The van der Waals surface area contributed by atoms with Crippen LogP contribution in [0.3, 0.4) is 0 Å². The van der Waals surface area contributed by atoms with Crippen LogP contribution < -0.4 is 0 Å². The zero-order valence-corrected chi connectivity index (χ0v) is 9.98. The molecule has 0 spiro atoms. The first-order chi connectivity index (χ1) is 6.99. The summed E-state index contributed by atoms with van der Waals surface area (Å²) in [5, 5.41) is 10.1. The van der Waals surface area contributed by atoms with Gasteiger partial charge in [-0.05, 0) is 43.4 Å². The van der Waals surface area contributed by atoms with Crippen molar-refractivity contribution in [1.29, 1.82) is 0 Å². The molecule has 1 N–H and O–H groups in total. The summed E-state index contributed by atoms with van der Waals surface area (Å²) in [6.45, 7) is 6.02. The van der Waals surface area contributed by atoms with Crippen LogP contribution in [0.4, 0.5) is 0 Å². The Hall–Kier alpha value is -0.560. The SMILES string of the molecule is CC(C)C(C)(O)C=CC1CC2C=CC1C2. The second-order valence-electron chi connectivity index (χ2n) is 5.68. The lowest BCUT2D eigenvalue weighted by Gasteiger charge is -2.25. The molecule has 0 radical (unpaired) electrons. The summed E-state index contributed by atoms with van der Waals surface area (Å²) in [5.74, 6) is 2.51. The van der Waals surface area contributed by atoms with E-state index in [1.807, 2.05) is 13.0 Å². The fourth-order valence-corrected chi connectivity index (χ4v) is 2.56. The van der Waals surface area contributed by atoms with Gasteiger partial charge in [0.15, 0.2) is 0 Å². The van der Waals surface area contributed by atoms with Crippen LogP contribution in [0.2, 0.25) is 0 Å². The molecule has 0 aromatic heterocycles. The minimum absolute atomic E-state index is 0.280. The summed E-state index contributed by atoms with van der Waals surface area (Å²) in [6.07, 6.45) is 11.6. The molecule has 2 bridgehead atoms. The molecule has 2 aliphatic rings. The molecule has 0 aromatic rings. The van der Waals surface area contributed by atoms with Gasteiger partial charge in [0.1, 0.15) is 0 Å². The highest BCUT2D eigenvalue weighted by Crippen LogP contribution is 2.44. The summed E-state index contributed by atoms with van der Waals surface area (Å²) >= 11 is 0. The van der Waals surface area contributed by atoms with Crippen molar-refractivity contribution >= 4 is 0 Å². The van der Waals surface area contributed by atoms with Crippen molar-refractivity contribution < 1.29 is 5.11 Å². The molecule has 1 saturated carbocycles. The van der Waals surface area contributed by atoms with E-state index in [0.717, 1.165) is 11.8 Å². The largest absolute Gasteiger partial charge is 0.386 e. The smallest absolute Gasteiger partial charge is 0.0822 e. The van der Waals surface area contributed by atoms with Crippen LogP contribution in [-0.2, 0) is 0 Å². The first-order valence-corrected chi connectivity index (χ1v) is 6.09. The average molecular weight is 206 g/mol. The van der Waals surface area contributed by atoms with Crippen molar-refractivity contribution in [3.8, 4) is 0 Å². The normalized spacial score (nSPS) is 38.1. The summed E-state index contributed by atoms with van der Waals surface area (Å²) in [4.78, 5) is 0. The zero-order chi connectivity index (χ0) is 11.1. The fourth-order valence-electron chi connectivity index (χ4n) is 2.56. The highest BCUT2D eigenvalue weighted by atomic mass is 16.3. The van der Waals surface area contributed by atoms with Gasteiger partial charge in [0.05, 0.1) is 5.60 Å². The van der Waals surface area contributed by atoms with E-state index in [1.54, 1.807) is 0 Å². The standard InChI is InChI=1S/C14H22O/c1-10(2)14(3,15)7-6-13-9-11-4-5-12(13)8-11/h4-7,10-13,15H,8-9H2,1-3H3. The molecule has 0 aromatic carbocycles. The van der Waals surface area contributed by atoms with E-state index in [4.69, 9.17) is 0 Å². The van der Waals surface area contributed by atoms with Crippen LogP contribution in [0.1, 0.15) is 33.6 Å². The Balaban J connectivity index is 1.98. The van der Waals surface area contributed by atoms with Crippen LogP contribution >= 0.6 is 0 Å². The van der Waals surface area contributed by atoms with Crippen LogP contribution in [0.15, 0.2) is 24.3 Å². The molecule has 1 fully saturated rings. The lowest BCUT2D eigenvalue weighted by Crippen LogP contribution is -2.28. The third-order valence-electron chi connectivity index (χ3n) is 4.18. The quantitative estimate of drug-likeness (QED) is 0.703. The van der Waals surface area contributed by atoms with Crippen molar-refractivity contribution in [2.24, 2.45) is 23.7 Å². The molecule has 0 saturated heterocycles. The molecular formula is C14H22O. The van der Waals surface area contributed by atoms with Gasteiger partial charge in [0.25, 0.3) is 0 Å². The molecule has 2 rings (SSSR count). The second-order valence-corrected chi connectivity index (χ2v) is 5.68. The van der Waals surface area contributed by atoms with Crippen molar-refractivity contribution in [3.05, 3.63) is 24.3 Å². The maximum Gasteiger partial charge on any atom is 0.0822 e. The topological polar surface area (TPSA) is 20.2 Å². The Morgan fingerprint density at radius 2 is 2.07 bits per heavy atom. The average Bonchev–Trinajstić information content (AvgIpc) is 2.75. The van der Waals surface area contributed by atoms with Crippen LogP contribution in [-0.4, -0.2) is 10.7 Å². The molecule has 4 atom stereocenters. The number of allylic oxidation sites excluding steroid dienone is 3. The molecule has 1 heteroatoms. The van der Waals surface area contributed by atoms with Crippen LogP contribution in [0.5, 0.6) is 0 Å². The van der Waals surface area contributed by atoms with Gasteiger partial charge in [0.2, 0.25) is 0 Å². The van der Waals surface area contributed by atoms with Crippen LogP contribution in [0, 0.1) is 23.7 Å². The molecule has 15 heavy (non-hydrogen) atoms. The molecule has 0 heterocycles. The highest BCUT2D eigenvalue weighted by molar-refractivity contribution is 5.16. The van der Waals surface area contributed by atoms with E-state index in [1.165, 1.54) is 12.8 Å². The summed E-state index contributed by atoms with van der Waals surface area (Å²) in [7, 11) is 0.